The molecule has 1 aromatic heterocycles. The van der Waals surface area contributed by atoms with Crippen LogP contribution in [0, 0.1) is 6.92 Å². The van der Waals surface area contributed by atoms with E-state index in [1.165, 1.54) is 5.57 Å². The minimum Gasteiger partial charge on any atom is -0.466 e. The van der Waals surface area contributed by atoms with E-state index in [0.717, 1.165) is 37.6 Å². The number of aryl methyl sites for hydroxylation is 1. The van der Waals surface area contributed by atoms with Crippen LogP contribution in [0.5, 0.6) is 0 Å². The molecule has 0 spiro atoms. The molecule has 6 nitrogen and oxygen atoms in total. The van der Waals surface area contributed by atoms with Crippen LogP contribution in [0.25, 0.3) is 0 Å². The number of furan rings is 1. The zero-order valence-corrected chi connectivity index (χ0v) is 17.2. The number of hydrogen-bond donors (Lipinski definition) is 1. The lowest BCUT2D eigenvalue weighted by Crippen LogP contribution is -2.45. The summed E-state index contributed by atoms with van der Waals surface area (Å²) in [6.45, 7) is 9.48. The molecule has 0 saturated carbocycles. The minimum atomic E-state index is -0.0804. The van der Waals surface area contributed by atoms with E-state index in [9.17, 15) is 9.59 Å². The molecule has 1 N–H and O–H groups in total. The second kappa shape index (κ2) is 9.42. The lowest BCUT2D eigenvalue weighted by atomic mass is 10.0. The highest BCUT2D eigenvalue weighted by atomic mass is 35.5. The predicted molar refractivity (Wildman–Crippen MR) is 107 cm³/mol. The Bertz CT molecular complexity index is 700. The van der Waals surface area contributed by atoms with Gasteiger partial charge < -0.3 is 14.6 Å². The van der Waals surface area contributed by atoms with Crippen molar-refractivity contribution in [1.82, 2.24) is 15.1 Å². The highest BCUT2D eigenvalue weighted by Gasteiger charge is 2.37. The van der Waals surface area contributed by atoms with Crippen LogP contribution in [0.3, 0.4) is 0 Å². The van der Waals surface area contributed by atoms with Crippen molar-refractivity contribution in [3.05, 3.63) is 35.3 Å². The zero-order chi connectivity index (χ0) is 18.7. The lowest BCUT2D eigenvalue weighted by molar-refractivity contribution is -0.133. The molecule has 0 aliphatic carbocycles. The van der Waals surface area contributed by atoms with Gasteiger partial charge in [-0.3, -0.25) is 14.5 Å². The van der Waals surface area contributed by atoms with Crippen LogP contribution in [-0.4, -0.2) is 60.4 Å². The molecule has 1 aromatic rings. The third kappa shape index (κ3) is 5.36. The Morgan fingerprint density at radius 2 is 2.11 bits per heavy atom. The minimum absolute atomic E-state index is 0. The van der Waals surface area contributed by atoms with E-state index in [1.807, 2.05) is 26.0 Å². The Kier molecular flexibility index (Phi) is 7.50. The summed E-state index contributed by atoms with van der Waals surface area (Å²) in [6.07, 6.45) is 3.53. The van der Waals surface area contributed by atoms with Crippen LogP contribution in [0.4, 0.5) is 0 Å². The summed E-state index contributed by atoms with van der Waals surface area (Å²) in [6, 6.07) is 3.97. The maximum Gasteiger partial charge on any atom is 0.239 e. The van der Waals surface area contributed by atoms with E-state index >= 15 is 0 Å². The van der Waals surface area contributed by atoms with Crippen LogP contribution < -0.4 is 5.32 Å². The SMILES string of the molecule is C/C=C(\C)CN1C[C@H](NC(=O)CN2CCCC2=O)[C@@H](c2ccc(C)o2)C1.Cl. The van der Waals surface area contributed by atoms with E-state index in [1.54, 1.807) is 4.90 Å². The largest absolute Gasteiger partial charge is 0.466 e. The lowest BCUT2D eigenvalue weighted by Gasteiger charge is -2.21. The van der Waals surface area contributed by atoms with Gasteiger partial charge in [-0.25, -0.2) is 0 Å². The molecule has 150 valence electrons. The summed E-state index contributed by atoms with van der Waals surface area (Å²) >= 11 is 0. The zero-order valence-electron chi connectivity index (χ0n) is 16.4. The van der Waals surface area contributed by atoms with Crippen molar-refractivity contribution in [3.8, 4) is 0 Å². The Balaban J connectivity index is 0.00000261. The van der Waals surface area contributed by atoms with Crippen LogP contribution in [0.15, 0.2) is 28.2 Å². The number of carbonyl (C=O) groups is 2. The van der Waals surface area contributed by atoms with Gasteiger partial charge in [0.25, 0.3) is 0 Å². The Labute approximate surface area is 167 Å². The number of nitrogens with zero attached hydrogens (tertiary/aromatic N) is 2. The summed E-state index contributed by atoms with van der Waals surface area (Å²) in [5.41, 5.74) is 1.31. The van der Waals surface area contributed by atoms with Crippen LogP contribution >= 0.6 is 12.4 Å². The topological polar surface area (TPSA) is 65.8 Å². The number of allylic oxidation sites excluding steroid dienone is 1. The van der Waals surface area contributed by atoms with Gasteiger partial charge in [-0.15, -0.1) is 12.4 Å². The van der Waals surface area contributed by atoms with Gasteiger partial charge in [0.1, 0.15) is 11.5 Å². The summed E-state index contributed by atoms with van der Waals surface area (Å²) in [4.78, 5) is 28.3. The molecule has 2 amide bonds. The molecule has 0 aromatic carbocycles. The number of amides is 2. The van der Waals surface area contributed by atoms with Gasteiger partial charge in [-0.2, -0.15) is 0 Å². The van der Waals surface area contributed by atoms with E-state index < -0.39 is 0 Å². The van der Waals surface area contributed by atoms with Gasteiger partial charge in [0.2, 0.25) is 11.8 Å². The monoisotopic (exact) mass is 395 g/mol. The molecule has 3 rings (SSSR count). The number of hydrogen-bond acceptors (Lipinski definition) is 4. The number of rotatable bonds is 6. The standard InChI is InChI=1S/C20H29N3O3.ClH/c1-4-14(2)10-22-11-16(18-8-7-15(3)26-18)17(12-22)21-19(24)13-23-9-5-6-20(23)25;/h4,7-8,16-17H,5-6,9-13H2,1-3H3,(H,21,24);1H/b14-4+;/t16-,17-;/m0./s1. The first-order chi connectivity index (χ1) is 12.5. The first-order valence-corrected chi connectivity index (χ1v) is 9.44. The molecular formula is C20H30ClN3O3. The molecule has 2 saturated heterocycles. The Hall–Kier alpha value is -1.79. The third-order valence-corrected chi connectivity index (χ3v) is 5.34. The van der Waals surface area contributed by atoms with Crippen molar-refractivity contribution in [3.63, 3.8) is 0 Å². The van der Waals surface area contributed by atoms with Crippen molar-refractivity contribution in [2.75, 3.05) is 32.7 Å². The molecule has 0 bridgehead atoms. The molecule has 0 radical (unpaired) electrons. The van der Waals surface area contributed by atoms with Gasteiger partial charge in [-0.1, -0.05) is 11.6 Å². The maximum absolute atomic E-state index is 12.5. The molecule has 2 aliphatic rings. The van der Waals surface area contributed by atoms with Gasteiger partial charge >= 0.3 is 0 Å². The first-order valence-electron chi connectivity index (χ1n) is 9.44. The fourth-order valence-corrected chi connectivity index (χ4v) is 3.84. The molecule has 27 heavy (non-hydrogen) atoms. The second-order valence-electron chi connectivity index (χ2n) is 7.48. The van der Waals surface area contributed by atoms with E-state index in [2.05, 4.69) is 23.2 Å². The molecule has 3 heterocycles. The maximum atomic E-state index is 12.5. The highest BCUT2D eigenvalue weighted by Crippen LogP contribution is 2.29. The Morgan fingerprint density at radius 1 is 1.33 bits per heavy atom. The smallest absolute Gasteiger partial charge is 0.239 e. The summed E-state index contributed by atoms with van der Waals surface area (Å²) in [5, 5.41) is 3.15. The average Bonchev–Trinajstić information content (AvgIpc) is 3.29. The number of halogens is 1. The molecular weight excluding hydrogens is 366 g/mol. The van der Waals surface area contributed by atoms with Gasteiger partial charge in [0.05, 0.1) is 18.5 Å². The van der Waals surface area contributed by atoms with Crippen LogP contribution in [0.1, 0.15) is 44.1 Å². The van der Waals surface area contributed by atoms with Crippen LogP contribution in [0.2, 0.25) is 0 Å². The highest BCUT2D eigenvalue weighted by molar-refractivity contribution is 5.86. The van der Waals surface area contributed by atoms with Crippen molar-refractivity contribution >= 4 is 24.2 Å². The number of carbonyl (C=O) groups excluding carboxylic acids is 2. The molecule has 2 fully saturated rings. The molecule has 7 heteroatoms. The summed E-state index contributed by atoms with van der Waals surface area (Å²) in [7, 11) is 0. The van der Waals surface area contributed by atoms with Gasteiger partial charge in [-0.05, 0) is 39.3 Å². The average molecular weight is 396 g/mol. The van der Waals surface area contributed by atoms with Gasteiger partial charge in [0.15, 0.2) is 0 Å². The number of likely N-dealkylation sites (tertiary alicyclic amines) is 2. The summed E-state index contributed by atoms with van der Waals surface area (Å²) < 4.78 is 5.85. The molecule has 2 atom stereocenters. The number of nitrogens with one attached hydrogen (secondary N) is 1. The molecule has 2 aliphatic heterocycles. The first kappa shape index (κ1) is 21.5. The molecule has 0 unspecified atom stereocenters. The fourth-order valence-electron chi connectivity index (χ4n) is 3.84. The van der Waals surface area contributed by atoms with Gasteiger partial charge in [0, 0.05) is 32.6 Å². The van der Waals surface area contributed by atoms with Crippen LogP contribution in [-0.2, 0) is 9.59 Å². The van der Waals surface area contributed by atoms with Crippen molar-refractivity contribution < 1.29 is 14.0 Å². The van der Waals surface area contributed by atoms with Crippen molar-refractivity contribution in [2.45, 2.75) is 45.6 Å². The quantitative estimate of drug-likeness (QED) is 0.751. The second-order valence-corrected chi connectivity index (χ2v) is 7.48. The van der Waals surface area contributed by atoms with E-state index in [-0.39, 0.29) is 42.7 Å². The Morgan fingerprint density at radius 3 is 2.70 bits per heavy atom. The predicted octanol–water partition coefficient (Wildman–Crippen LogP) is 2.48. The summed E-state index contributed by atoms with van der Waals surface area (Å²) in [5.74, 6) is 1.94. The van der Waals surface area contributed by atoms with Crippen molar-refractivity contribution in [2.24, 2.45) is 0 Å². The van der Waals surface area contributed by atoms with Crippen molar-refractivity contribution in [1.29, 1.82) is 0 Å². The fraction of sp³-hybridized carbons (Fsp3) is 0.600. The third-order valence-electron chi connectivity index (χ3n) is 5.34. The van der Waals surface area contributed by atoms with E-state index in [0.29, 0.717) is 13.0 Å². The van der Waals surface area contributed by atoms with E-state index in [4.69, 9.17) is 4.42 Å². The normalized spacial score (nSPS) is 23.6.